The van der Waals surface area contributed by atoms with Gasteiger partial charge in [-0.1, -0.05) is 103 Å². The lowest BCUT2D eigenvalue weighted by Crippen LogP contribution is -2.20. The minimum Gasteiger partial charge on any atom is -0.330 e. The summed E-state index contributed by atoms with van der Waals surface area (Å²) < 4.78 is 0. The molecule has 0 aromatic rings. The molecule has 0 heterocycles. The average Bonchev–Trinajstić information content (AvgIpc) is 2.68. The Labute approximate surface area is 172 Å². The van der Waals surface area contributed by atoms with E-state index in [2.05, 4.69) is 17.6 Å². The highest BCUT2D eigenvalue weighted by Crippen LogP contribution is 2.13. The van der Waals surface area contributed by atoms with Crippen LogP contribution < -0.4 is 16.4 Å². The molecule has 163 valence electrons. The van der Waals surface area contributed by atoms with E-state index in [1.165, 1.54) is 116 Å². The van der Waals surface area contributed by atoms with Gasteiger partial charge in [0.2, 0.25) is 0 Å². The highest BCUT2D eigenvalue weighted by Gasteiger charge is 1.95. The molecule has 1 radical (unpaired) electrons. The van der Waals surface area contributed by atoms with Crippen LogP contribution in [0.3, 0.4) is 0 Å². The Morgan fingerprint density at radius 3 is 1.41 bits per heavy atom. The zero-order valence-corrected chi connectivity index (χ0v) is 18.8. The van der Waals surface area contributed by atoms with Crippen molar-refractivity contribution in [1.82, 2.24) is 10.6 Å². The minimum atomic E-state index is 0.765. The fraction of sp³-hybridized carbons (Fsp3) is 1.00. The van der Waals surface area contributed by atoms with Crippen molar-refractivity contribution >= 4 is 0 Å². The van der Waals surface area contributed by atoms with Crippen LogP contribution in [-0.2, 0) is 0 Å². The monoisotopic (exact) mass is 382 g/mol. The smallest absolute Gasteiger partial charge is 0.0145 e. The normalized spacial score (nSPS) is 11.3. The quantitative estimate of drug-likeness (QED) is 0.196. The van der Waals surface area contributed by atoms with E-state index in [9.17, 15) is 0 Å². The molecule has 0 aliphatic carbocycles. The molecule has 0 saturated heterocycles. The van der Waals surface area contributed by atoms with Crippen molar-refractivity contribution in [2.24, 2.45) is 5.73 Å². The lowest BCUT2D eigenvalue weighted by molar-refractivity contribution is 0.522. The van der Waals surface area contributed by atoms with Crippen LogP contribution in [-0.4, -0.2) is 32.7 Å². The van der Waals surface area contributed by atoms with Crippen molar-refractivity contribution in [3.63, 3.8) is 0 Å². The first-order chi connectivity index (χ1) is 13.4. The second-order valence-electron chi connectivity index (χ2n) is 8.22. The lowest BCUT2D eigenvalue weighted by atomic mass is 10.0. The van der Waals surface area contributed by atoms with Gasteiger partial charge in [0.15, 0.2) is 0 Å². The molecule has 0 aliphatic rings. The van der Waals surface area contributed by atoms with Gasteiger partial charge in [-0.15, -0.1) is 0 Å². The standard InChI is InChI=1S/C24H52N3/c1-2-3-4-5-6-7-8-9-10-11-12-13-14-15-16-17-21-26-23-19-24-27-22-18-20-25/h26H,2-25H2,1H3. The molecule has 0 saturated carbocycles. The van der Waals surface area contributed by atoms with Crippen LogP contribution in [0.15, 0.2) is 0 Å². The molecule has 0 aliphatic heterocycles. The summed E-state index contributed by atoms with van der Waals surface area (Å²) >= 11 is 0. The maximum atomic E-state index is 5.45. The molecule has 0 aromatic heterocycles. The molecule has 27 heavy (non-hydrogen) atoms. The van der Waals surface area contributed by atoms with Gasteiger partial charge in [0.05, 0.1) is 0 Å². The summed E-state index contributed by atoms with van der Waals surface area (Å²) in [4.78, 5) is 0. The maximum Gasteiger partial charge on any atom is 0.0145 e. The summed E-state index contributed by atoms with van der Waals surface area (Å²) in [6.07, 6.45) is 25.3. The molecule has 0 fully saturated rings. The van der Waals surface area contributed by atoms with Gasteiger partial charge >= 0.3 is 0 Å². The predicted octanol–water partition coefficient (Wildman–Crippen LogP) is 6.18. The Morgan fingerprint density at radius 1 is 0.519 bits per heavy atom. The van der Waals surface area contributed by atoms with Crippen molar-refractivity contribution in [3.05, 3.63) is 0 Å². The van der Waals surface area contributed by atoms with E-state index in [0.29, 0.717) is 0 Å². The van der Waals surface area contributed by atoms with Gasteiger partial charge in [-0.05, 0) is 38.9 Å². The third-order valence-corrected chi connectivity index (χ3v) is 5.40. The number of hydrogen-bond acceptors (Lipinski definition) is 2. The SMILES string of the molecule is CCCCCCCCCCCCCCCCCCNCCC[N]CCCN. The lowest BCUT2D eigenvalue weighted by Gasteiger charge is -2.05. The first kappa shape index (κ1) is 26.9. The molecule has 0 bridgehead atoms. The van der Waals surface area contributed by atoms with Crippen LogP contribution in [0.2, 0.25) is 0 Å². The molecular formula is C24H52N3. The highest BCUT2D eigenvalue weighted by atomic mass is 14.9. The number of nitrogens with zero attached hydrogens (tertiary/aromatic N) is 1. The average molecular weight is 383 g/mol. The Balaban J connectivity index is 2.95. The van der Waals surface area contributed by atoms with Crippen LogP contribution in [0.5, 0.6) is 0 Å². The van der Waals surface area contributed by atoms with Crippen molar-refractivity contribution in [2.45, 2.75) is 122 Å². The third-order valence-electron chi connectivity index (χ3n) is 5.40. The second-order valence-corrected chi connectivity index (χ2v) is 8.22. The van der Waals surface area contributed by atoms with Gasteiger partial charge in [-0.25, -0.2) is 5.32 Å². The van der Waals surface area contributed by atoms with Gasteiger partial charge in [0.1, 0.15) is 0 Å². The topological polar surface area (TPSA) is 52.2 Å². The molecular weight excluding hydrogens is 330 g/mol. The van der Waals surface area contributed by atoms with Crippen molar-refractivity contribution in [3.8, 4) is 0 Å². The number of rotatable bonds is 24. The number of unbranched alkanes of at least 4 members (excludes halogenated alkanes) is 15. The second kappa shape index (κ2) is 25.9. The molecule has 0 rings (SSSR count). The van der Waals surface area contributed by atoms with Crippen LogP contribution in [0.25, 0.3) is 0 Å². The summed E-state index contributed by atoms with van der Waals surface area (Å²) in [5, 5.41) is 8.00. The summed E-state index contributed by atoms with van der Waals surface area (Å²) in [5.74, 6) is 0. The van der Waals surface area contributed by atoms with Crippen molar-refractivity contribution < 1.29 is 0 Å². The van der Waals surface area contributed by atoms with E-state index in [-0.39, 0.29) is 0 Å². The van der Waals surface area contributed by atoms with E-state index in [1.54, 1.807) is 0 Å². The van der Waals surface area contributed by atoms with Gasteiger partial charge in [-0.3, -0.25) is 0 Å². The van der Waals surface area contributed by atoms with Crippen LogP contribution in [0.4, 0.5) is 0 Å². The predicted molar refractivity (Wildman–Crippen MR) is 123 cm³/mol. The van der Waals surface area contributed by atoms with Crippen LogP contribution >= 0.6 is 0 Å². The van der Waals surface area contributed by atoms with Crippen LogP contribution in [0.1, 0.15) is 122 Å². The number of hydrogen-bond donors (Lipinski definition) is 2. The van der Waals surface area contributed by atoms with E-state index >= 15 is 0 Å². The molecule has 0 unspecified atom stereocenters. The molecule has 0 atom stereocenters. The first-order valence-electron chi connectivity index (χ1n) is 12.5. The van der Waals surface area contributed by atoms with E-state index < -0.39 is 0 Å². The fourth-order valence-corrected chi connectivity index (χ4v) is 3.55. The van der Waals surface area contributed by atoms with E-state index in [4.69, 9.17) is 5.73 Å². The molecule has 0 amide bonds. The summed E-state index contributed by atoms with van der Waals surface area (Å²) in [7, 11) is 0. The number of nitrogens with two attached hydrogens (primary N) is 1. The highest BCUT2D eigenvalue weighted by molar-refractivity contribution is 4.54. The Hall–Kier alpha value is -0.120. The molecule has 0 aromatic carbocycles. The zero-order chi connectivity index (χ0) is 19.7. The molecule has 3 nitrogen and oxygen atoms in total. The largest absolute Gasteiger partial charge is 0.330 e. The minimum absolute atomic E-state index is 0.765. The Morgan fingerprint density at radius 2 is 0.926 bits per heavy atom. The van der Waals surface area contributed by atoms with Gasteiger partial charge < -0.3 is 11.1 Å². The summed E-state index contributed by atoms with van der Waals surface area (Å²) in [6, 6.07) is 0. The van der Waals surface area contributed by atoms with Gasteiger partial charge in [-0.2, -0.15) is 0 Å². The first-order valence-corrected chi connectivity index (χ1v) is 12.5. The fourth-order valence-electron chi connectivity index (χ4n) is 3.55. The van der Waals surface area contributed by atoms with Crippen LogP contribution in [0, 0.1) is 0 Å². The van der Waals surface area contributed by atoms with Crippen molar-refractivity contribution in [2.75, 3.05) is 32.7 Å². The molecule has 0 spiro atoms. The zero-order valence-electron chi connectivity index (χ0n) is 18.8. The Bertz CT molecular complexity index is 222. The Kier molecular flexibility index (Phi) is 25.8. The molecule has 3 heteroatoms. The summed E-state index contributed by atoms with van der Waals surface area (Å²) in [6.45, 7) is 7.29. The van der Waals surface area contributed by atoms with E-state index in [1.807, 2.05) is 0 Å². The van der Waals surface area contributed by atoms with Crippen molar-refractivity contribution in [1.29, 1.82) is 0 Å². The van der Waals surface area contributed by atoms with E-state index in [0.717, 1.165) is 32.6 Å². The van der Waals surface area contributed by atoms with Gasteiger partial charge in [0.25, 0.3) is 0 Å². The molecule has 3 N–H and O–H groups in total. The number of nitrogens with one attached hydrogen (secondary N) is 1. The van der Waals surface area contributed by atoms with Gasteiger partial charge in [0, 0.05) is 13.1 Å². The summed E-state index contributed by atoms with van der Waals surface area (Å²) in [5.41, 5.74) is 5.45. The maximum absolute atomic E-state index is 5.45. The third kappa shape index (κ3) is 25.9.